The van der Waals surface area contributed by atoms with Gasteiger partial charge < -0.3 is 4.74 Å². The molecule has 0 spiro atoms. The number of carbonyl (C=O) groups is 3. The second kappa shape index (κ2) is 6.41. The maximum Gasteiger partial charge on any atom is 0.355 e. The third-order valence-electron chi connectivity index (χ3n) is 3.76. The molecule has 2 heterocycles. The molecule has 0 N–H and O–H groups in total. The number of benzene rings is 1. The van der Waals surface area contributed by atoms with Gasteiger partial charge in [0.15, 0.2) is 11.8 Å². The van der Waals surface area contributed by atoms with Crippen molar-refractivity contribution >= 4 is 52.4 Å². The van der Waals surface area contributed by atoms with Crippen molar-refractivity contribution in [3.05, 3.63) is 33.2 Å². The van der Waals surface area contributed by atoms with E-state index in [9.17, 15) is 19.3 Å². The molecule has 1 aromatic rings. The lowest BCUT2D eigenvalue weighted by Crippen LogP contribution is -2.36. The molecule has 0 bridgehead atoms. The third-order valence-corrected chi connectivity index (χ3v) is 4.50. The van der Waals surface area contributed by atoms with Crippen molar-refractivity contribution < 1.29 is 19.1 Å². The summed E-state index contributed by atoms with van der Waals surface area (Å²) in [4.78, 5) is 49.2. The number of nitroso groups, excluding NO2 is 1. The maximum absolute atomic E-state index is 12.7. The molecule has 11 heteroatoms. The zero-order valence-electron chi connectivity index (χ0n) is 12.7. The van der Waals surface area contributed by atoms with Gasteiger partial charge in [-0.3, -0.25) is 9.59 Å². The van der Waals surface area contributed by atoms with Crippen LogP contribution in [0.1, 0.15) is 6.92 Å². The lowest BCUT2D eigenvalue weighted by Gasteiger charge is -2.17. The molecule has 130 valence electrons. The van der Waals surface area contributed by atoms with Crippen molar-refractivity contribution in [1.29, 1.82) is 0 Å². The lowest BCUT2D eigenvalue weighted by molar-refractivity contribution is -0.136. The number of imide groups is 1. The molecular formula is C14H10Cl2N4O5. The number of carbonyl (C=O) groups excluding carboxylic acids is 3. The van der Waals surface area contributed by atoms with Crippen LogP contribution in [0.25, 0.3) is 0 Å². The number of amides is 2. The highest BCUT2D eigenvalue weighted by atomic mass is 35.5. The normalized spacial score (nSPS) is 22.1. The van der Waals surface area contributed by atoms with Gasteiger partial charge in [-0.2, -0.15) is 0 Å². The monoisotopic (exact) mass is 384 g/mol. The molecule has 1 fully saturated rings. The van der Waals surface area contributed by atoms with Crippen molar-refractivity contribution in [1.82, 2.24) is 5.12 Å². The second-order valence-electron chi connectivity index (χ2n) is 5.14. The van der Waals surface area contributed by atoms with Crippen LogP contribution in [0.15, 0.2) is 28.6 Å². The summed E-state index contributed by atoms with van der Waals surface area (Å²) in [5, 5.41) is 7.15. The summed E-state index contributed by atoms with van der Waals surface area (Å²) in [5.41, 5.74) is -0.180. The number of esters is 1. The molecule has 0 saturated carbocycles. The van der Waals surface area contributed by atoms with E-state index in [4.69, 9.17) is 27.9 Å². The Morgan fingerprint density at radius 2 is 2.00 bits per heavy atom. The molecule has 3 rings (SSSR count). The molecule has 25 heavy (non-hydrogen) atoms. The second-order valence-corrected chi connectivity index (χ2v) is 5.95. The van der Waals surface area contributed by atoms with E-state index in [1.165, 1.54) is 18.2 Å². The van der Waals surface area contributed by atoms with E-state index in [0.717, 1.165) is 4.90 Å². The Balaban J connectivity index is 2.02. The van der Waals surface area contributed by atoms with Crippen molar-refractivity contribution in [3.8, 4) is 0 Å². The number of hydrogen-bond donors (Lipinski definition) is 0. The fourth-order valence-corrected chi connectivity index (χ4v) is 3.00. The minimum absolute atomic E-state index is 0.0440. The molecule has 2 aliphatic rings. The average Bonchev–Trinajstić information content (AvgIpc) is 3.08. The van der Waals surface area contributed by atoms with Gasteiger partial charge in [-0.25, -0.2) is 9.69 Å². The Morgan fingerprint density at radius 1 is 1.28 bits per heavy atom. The van der Waals surface area contributed by atoms with E-state index in [0.29, 0.717) is 5.12 Å². The van der Waals surface area contributed by atoms with Crippen LogP contribution in [0.2, 0.25) is 10.0 Å². The van der Waals surface area contributed by atoms with Gasteiger partial charge in [0.1, 0.15) is 5.92 Å². The average molecular weight is 385 g/mol. The minimum atomic E-state index is -1.33. The molecular weight excluding hydrogens is 375 g/mol. The van der Waals surface area contributed by atoms with Crippen LogP contribution in [0, 0.1) is 10.8 Å². The third kappa shape index (κ3) is 2.65. The van der Waals surface area contributed by atoms with Gasteiger partial charge in [0, 0.05) is 0 Å². The van der Waals surface area contributed by atoms with Crippen LogP contribution in [-0.4, -0.2) is 41.3 Å². The summed E-state index contributed by atoms with van der Waals surface area (Å²) in [5.74, 6) is -3.65. The van der Waals surface area contributed by atoms with Gasteiger partial charge in [-0.15, -0.1) is 15.1 Å². The maximum atomic E-state index is 12.7. The SMILES string of the molecule is CCOC(=O)C1=NN(N=O)C2C(=O)N(c3ccc(Cl)c(Cl)c3)C(=O)C12. The fraction of sp³-hybridized carbons (Fsp3) is 0.286. The van der Waals surface area contributed by atoms with E-state index in [-0.39, 0.29) is 28.1 Å². The van der Waals surface area contributed by atoms with Crippen LogP contribution in [0.5, 0.6) is 0 Å². The molecule has 0 aliphatic carbocycles. The number of hydrazone groups is 1. The Kier molecular flexibility index (Phi) is 4.44. The van der Waals surface area contributed by atoms with Gasteiger partial charge in [0.05, 0.1) is 27.6 Å². The van der Waals surface area contributed by atoms with Crippen molar-refractivity contribution in [2.75, 3.05) is 11.5 Å². The summed E-state index contributed by atoms with van der Waals surface area (Å²) >= 11 is 11.8. The Bertz CT molecular complexity index is 827. The number of fused-ring (bicyclic) bond motifs is 1. The van der Waals surface area contributed by atoms with E-state index < -0.39 is 29.7 Å². The number of ether oxygens (including phenoxy) is 1. The predicted molar refractivity (Wildman–Crippen MR) is 87.9 cm³/mol. The van der Waals surface area contributed by atoms with Crippen LogP contribution >= 0.6 is 23.2 Å². The number of hydrogen-bond acceptors (Lipinski definition) is 7. The summed E-state index contributed by atoms with van der Waals surface area (Å²) in [6.45, 7) is 1.62. The van der Waals surface area contributed by atoms with E-state index in [1.54, 1.807) is 6.92 Å². The molecule has 2 aliphatic heterocycles. The standard InChI is InChI=1S/C14H10Cl2N4O5/c1-2-25-14(23)10-9-11(20(17-10)18-24)13(22)19(12(9)21)6-3-4-7(15)8(16)5-6/h3-5,9,11H,2H2,1H3. The van der Waals surface area contributed by atoms with Gasteiger partial charge in [-0.05, 0) is 25.1 Å². The largest absolute Gasteiger partial charge is 0.461 e. The molecule has 2 unspecified atom stereocenters. The highest BCUT2D eigenvalue weighted by Gasteiger charge is 2.59. The number of rotatable bonds is 4. The molecule has 1 aromatic carbocycles. The summed E-state index contributed by atoms with van der Waals surface area (Å²) in [6.07, 6.45) is 0. The first kappa shape index (κ1) is 17.3. The molecule has 2 amide bonds. The first-order valence-corrected chi connectivity index (χ1v) is 7.87. The Labute approximate surface area is 151 Å². The Hall–Kier alpha value is -2.52. The molecule has 2 atom stereocenters. The van der Waals surface area contributed by atoms with Crippen LogP contribution in [0.4, 0.5) is 5.69 Å². The Morgan fingerprint density at radius 3 is 2.60 bits per heavy atom. The number of nitrogens with zero attached hydrogens (tertiary/aromatic N) is 4. The van der Waals surface area contributed by atoms with Crippen LogP contribution in [-0.2, 0) is 19.1 Å². The van der Waals surface area contributed by atoms with E-state index in [1.807, 2.05) is 0 Å². The summed E-state index contributed by atoms with van der Waals surface area (Å²) < 4.78 is 4.83. The van der Waals surface area contributed by atoms with Gasteiger partial charge in [-0.1, -0.05) is 23.2 Å². The van der Waals surface area contributed by atoms with E-state index >= 15 is 0 Å². The van der Waals surface area contributed by atoms with Gasteiger partial charge in [0.2, 0.25) is 5.91 Å². The molecule has 9 nitrogen and oxygen atoms in total. The van der Waals surface area contributed by atoms with Crippen LogP contribution < -0.4 is 4.90 Å². The molecule has 0 aromatic heterocycles. The quantitative estimate of drug-likeness (QED) is 0.444. The van der Waals surface area contributed by atoms with Crippen molar-refractivity contribution in [3.63, 3.8) is 0 Å². The van der Waals surface area contributed by atoms with Gasteiger partial charge >= 0.3 is 5.97 Å². The first-order chi connectivity index (χ1) is 11.9. The summed E-state index contributed by atoms with van der Waals surface area (Å²) in [6, 6.07) is 2.84. The molecule has 1 saturated heterocycles. The van der Waals surface area contributed by atoms with Crippen molar-refractivity contribution in [2.24, 2.45) is 16.3 Å². The van der Waals surface area contributed by atoms with Crippen molar-refractivity contribution in [2.45, 2.75) is 13.0 Å². The fourth-order valence-electron chi connectivity index (χ4n) is 2.71. The molecule has 0 radical (unpaired) electrons. The lowest BCUT2D eigenvalue weighted by atomic mass is 9.98. The number of anilines is 1. The first-order valence-electron chi connectivity index (χ1n) is 7.11. The smallest absolute Gasteiger partial charge is 0.355 e. The number of halogens is 2. The zero-order valence-corrected chi connectivity index (χ0v) is 14.2. The zero-order chi connectivity index (χ0) is 18.3. The van der Waals surface area contributed by atoms with Crippen LogP contribution in [0.3, 0.4) is 0 Å². The predicted octanol–water partition coefficient (Wildman–Crippen LogP) is 1.77. The van der Waals surface area contributed by atoms with E-state index in [2.05, 4.69) is 10.4 Å². The minimum Gasteiger partial charge on any atom is -0.461 e. The summed E-state index contributed by atoms with van der Waals surface area (Å²) in [7, 11) is 0. The highest BCUT2D eigenvalue weighted by molar-refractivity contribution is 6.47. The van der Waals surface area contributed by atoms with Gasteiger partial charge in [0.25, 0.3) is 5.91 Å². The highest BCUT2D eigenvalue weighted by Crippen LogP contribution is 2.37. The topological polar surface area (TPSA) is 109 Å².